The first-order chi connectivity index (χ1) is 19.7. The Balaban J connectivity index is 1.39. The minimum absolute atomic E-state index is 0.156. The summed E-state index contributed by atoms with van der Waals surface area (Å²) >= 11 is 2.09. The van der Waals surface area contributed by atoms with E-state index in [1.165, 1.54) is 28.8 Å². The summed E-state index contributed by atoms with van der Waals surface area (Å²) < 4.78 is 1.37. The van der Waals surface area contributed by atoms with Crippen molar-refractivity contribution in [1.29, 1.82) is 0 Å². The highest BCUT2D eigenvalue weighted by Gasteiger charge is 2.56. The van der Waals surface area contributed by atoms with Crippen molar-refractivity contribution in [1.82, 2.24) is 4.57 Å². The van der Waals surface area contributed by atoms with Gasteiger partial charge in [-0.1, -0.05) is 71.6 Å². The van der Waals surface area contributed by atoms with Gasteiger partial charge in [-0.15, -0.1) is 0 Å². The molecule has 41 heavy (non-hydrogen) atoms. The fourth-order valence-corrected chi connectivity index (χ4v) is 8.07. The summed E-state index contributed by atoms with van der Waals surface area (Å²) in [5.74, 6) is -2.69. The number of para-hydroxylation sites is 1. The van der Waals surface area contributed by atoms with E-state index in [4.69, 9.17) is 0 Å². The maximum Gasteiger partial charge on any atom is 0.308 e. The number of carbonyl (C=O) groups is 3. The number of benzene rings is 3. The van der Waals surface area contributed by atoms with Crippen molar-refractivity contribution in [2.75, 3.05) is 10.2 Å². The van der Waals surface area contributed by atoms with Gasteiger partial charge in [0.05, 0.1) is 21.6 Å². The Morgan fingerprint density at radius 2 is 1.63 bits per heavy atom. The molecular formula is C29H22N4O6S2. The van der Waals surface area contributed by atoms with Gasteiger partial charge in [-0.25, -0.2) is 4.90 Å². The number of aryl methyl sites for hydroxylation is 1. The fraction of sp³-hybridized carbons (Fsp3) is 0.172. The quantitative estimate of drug-likeness (QED) is 0.199. The number of imide groups is 1. The lowest BCUT2D eigenvalue weighted by atomic mass is 9.83. The third kappa shape index (κ3) is 4.64. The summed E-state index contributed by atoms with van der Waals surface area (Å²) in [7, 11) is 0. The number of amides is 3. The second kappa shape index (κ2) is 10.5. The Morgan fingerprint density at radius 1 is 0.951 bits per heavy atom. The van der Waals surface area contributed by atoms with Gasteiger partial charge in [-0.05, 0) is 36.2 Å². The van der Waals surface area contributed by atoms with Crippen LogP contribution in [0.5, 0.6) is 0 Å². The van der Waals surface area contributed by atoms with Crippen LogP contribution in [-0.2, 0) is 20.9 Å². The normalized spacial score (nSPS) is 19.5. The van der Waals surface area contributed by atoms with Crippen molar-refractivity contribution in [3.8, 4) is 0 Å². The number of thioether (sulfide) groups is 1. The molecule has 3 amide bonds. The van der Waals surface area contributed by atoms with Crippen LogP contribution in [0, 0.1) is 23.0 Å². The average Bonchev–Trinajstić information content (AvgIpc) is 3.41. The number of thiazole rings is 1. The molecule has 0 unspecified atom stereocenters. The maximum atomic E-state index is 13.9. The minimum Gasteiger partial charge on any atom is -0.324 e. The van der Waals surface area contributed by atoms with Crippen LogP contribution in [0.15, 0.2) is 88.7 Å². The van der Waals surface area contributed by atoms with Gasteiger partial charge in [0.2, 0.25) is 17.7 Å². The highest BCUT2D eigenvalue weighted by atomic mass is 32.2. The van der Waals surface area contributed by atoms with E-state index in [0.717, 1.165) is 39.1 Å². The molecule has 6 rings (SSSR count). The van der Waals surface area contributed by atoms with Crippen LogP contribution in [0.4, 0.5) is 17.1 Å². The maximum absolute atomic E-state index is 13.9. The number of nitro groups is 1. The predicted octanol–water partition coefficient (Wildman–Crippen LogP) is 4.56. The largest absolute Gasteiger partial charge is 0.324 e. The molecule has 10 nitrogen and oxygen atoms in total. The Kier molecular flexibility index (Phi) is 6.80. The van der Waals surface area contributed by atoms with E-state index in [0.29, 0.717) is 15.6 Å². The standard InChI is InChI=1S/C29H22N4O6S2/c1-16-7-5-6-10-20(16)30-21(34)15-31-28-25(41-29(31)37)22(17-8-3-2-4-9-17)23-24(40-28)27(36)32(26(23)35)18-11-13-19(14-12-18)33(38)39/h2-14,22-24H,15H2,1H3,(H,30,34)/t22-,23-,24+/m0/s1. The molecule has 0 spiro atoms. The lowest BCUT2D eigenvalue weighted by Gasteiger charge is -2.30. The molecule has 206 valence electrons. The highest BCUT2D eigenvalue weighted by molar-refractivity contribution is 8.00. The molecule has 1 aromatic heterocycles. The molecule has 4 aromatic rings. The first-order valence-electron chi connectivity index (χ1n) is 12.7. The van der Waals surface area contributed by atoms with Gasteiger partial charge in [-0.2, -0.15) is 0 Å². The first-order valence-corrected chi connectivity index (χ1v) is 14.4. The lowest BCUT2D eigenvalue weighted by Crippen LogP contribution is -2.33. The van der Waals surface area contributed by atoms with Crippen molar-refractivity contribution >= 4 is 57.9 Å². The van der Waals surface area contributed by atoms with Crippen molar-refractivity contribution in [2.45, 2.75) is 29.7 Å². The number of anilines is 2. The Morgan fingerprint density at radius 3 is 2.32 bits per heavy atom. The number of aromatic nitrogens is 1. The summed E-state index contributed by atoms with van der Waals surface area (Å²) in [5, 5.41) is 13.6. The van der Waals surface area contributed by atoms with Crippen molar-refractivity contribution < 1.29 is 19.3 Å². The van der Waals surface area contributed by atoms with E-state index in [-0.39, 0.29) is 28.7 Å². The van der Waals surface area contributed by atoms with Gasteiger partial charge in [0.25, 0.3) is 5.69 Å². The zero-order chi connectivity index (χ0) is 28.8. The number of rotatable bonds is 6. The number of nitrogens with zero attached hydrogens (tertiary/aromatic N) is 3. The van der Waals surface area contributed by atoms with E-state index in [1.807, 2.05) is 49.4 Å². The first kappa shape index (κ1) is 26.7. The molecule has 1 fully saturated rings. The molecule has 2 aliphatic heterocycles. The fourth-order valence-electron chi connectivity index (χ4n) is 5.30. The second-order valence-corrected chi connectivity index (χ2v) is 11.8. The van der Waals surface area contributed by atoms with Crippen molar-refractivity contribution in [3.05, 3.63) is 115 Å². The second-order valence-electron chi connectivity index (χ2n) is 9.72. The van der Waals surface area contributed by atoms with Gasteiger partial charge in [0.15, 0.2) is 0 Å². The number of non-ortho nitro benzene ring substituents is 1. The Bertz CT molecular complexity index is 1770. The predicted molar refractivity (Wildman–Crippen MR) is 155 cm³/mol. The Labute approximate surface area is 241 Å². The van der Waals surface area contributed by atoms with Crippen molar-refractivity contribution in [3.63, 3.8) is 0 Å². The van der Waals surface area contributed by atoms with Crippen LogP contribution in [0.25, 0.3) is 0 Å². The molecule has 12 heteroatoms. The summed E-state index contributed by atoms with van der Waals surface area (Å²) in [6, 6.07) is 21.8. The number of fused-ring (bicyclic) bond motifs is 2. The number of hydrogen-bond acceptors (Lipinski definition) is 8. The van der Waals surface area contributed by atoms with Gasteiger partial charge < -0.3 is 5.32 Å². The minimum atomic E-state index is -0.852. The number of carbonyl (C=O) groups excluding carboxylic acids is 3. The molecule has 3 atom stereocenters. The zero-order valence-electron chi connectivity index (χ0n) is 21.6. The molecule has 0 saturated carbocycles. The molecule has 0 radical (unpaired) electrons. The molecule has 0 bridgehead atoms. The van der Waals surface area contributed by atoms with Crippen LogP contribution in [0.2, 0.25) is 0 Å². The van der Waals surface area contributed by atoms with Crippen LogP contribution in [0.1, 0.15) is 21.9 Å². The van der Waals surface area contributed by atoms with Gasteiger partial charge in [-0.3, -0.25) is 33.9 Å². The van der Waals surface area contributed by atoms with E-state index >= 15 is 0 Å². The lowest BCUT2D eigenvalue weighted by molar-refractivity contribution is -0.384. The van der Waals surface area contributed by atoms with Crippen LogP contribution >= 0.6 is 23.1 Å². The number of hydrogen-bond donors (Lipinski definition) is 1. The molecule has 2 aliphatic rings. The summed E-state index contributed by atoms with van der Waals surface area (Å²) in [6.45, 7) is 1.62. The van der Waals surface area contributed by atoms with Gasteiger partial charge in [0, 0.05) is 28.6 Å². The zero-order valence-corrected chi connectivity index (χ0v) is 23.2. The SMILES string of the molecule is Cc1ccccc1NC(=O)Cn1c2c(sc1=O)[C@@H](c1ccccc1)[C@@H]1C(=O)N(c3ccc([N+](=O)[O-])cc3)C(=O)[C@@H]1S2. The topological polar surface area (TPSA) is 132 Å². The van der Waals surface area contributed by atoms with E-state index < -0.39 is 33.8 Å². The number of nitro benzene ring substituents is 1. The van der Waals surface area contributed by atoms with E-state index in [2.05, 4.69) is 5.32 Å². The van der Waals surface area contributed by atoms with E-state index in [9.17, 15) is 29.3 Å². The number of nitrogens with one attached hydrogen (secondary N) is 1. The molecule has 3 aromatic carbocycles. The molecular weight excluding hydrogens is 564 g/mol. The van der Waals surface area contributed by atoms with Crippen LogP contribution < -0.4 is 15.1 Å². The molecule has 1 saturated heterocycles. The van der Waals surface area contributed by atoms with Crippen LogP contribution in [-0.4, -0.2) is 32.5 Å². The monoisotopic (exact) mass is 586 g/mol. The third-order valence-electron chi connectivity index (χ3n) is 7.25. The van der Waals surface area contributed by atoms with Gasteiger partial charge in [0.1, 0.15) is 11.8 Å². The average molecular weight is 587 g/mol. The summed E-state index contributed by atoms with van der Waals surface area (Å²) in [6.07, 6.45) is 0. The van der Waals surface area contributed by atoms with E-state index in [1.54, 1.807) is 12.1 Å². The summed E-state index contributed by atoms with van der Waals surface area (Å²) in [4.78, 5) is 65.8. The molecule has 0 aliphatic carbocycles. The smallest absolute Gasteiger partial charge is 0.308 e. The summed E-state index contributed by atoms with van der Waals surface area (Å²) in [5.41, 5.74) is 2.37. The van der Waals surface area contributed by atoms with Gasteiger partial charge >= 0.3 is 4.87 Å². The third-order valence-corrected chi connectivity index (χ3v) is 9.85. The van der Waals surface area contributed by atoms with Crippen molar-refractivity contribution in [2.24, 2.45) is 5.92 Å². The highest BCUT2D eigenvalue weighted by Crippen LogP contribution is 2.53. The molecule has 1 N–H and O–H groups in total. The van der Waals surface area contributed by atoms with Crippen LogP contribution in [0.3, 0.4) is 0 Å². The molecule has 3 heterocycles. The Hall–Kier alpha value is -4.55.